The van der Waals surface area contributed by atoms with E-state index in [-0.39, 0.29) is 27.5 Å². The summed E-state index contributed by atoms with van der Waals surface area (Å²) in [7, 11) is 0. The standard InChI is InChI=1S/C22H17ClN4O7/c23-15-8-5-14(19(11-15)27(33)34)12-24(20(28)13-6-9-16(10-7-13)26(31)32)25-21(29)17-3-1-2-4-18(17)22(25)30/h1-2,5-11,17-18H,3-4,12H2/t17-,18-/m0/s1. The van der Waals surface area contributed by atoms with Gasteiger partial charge in [-0.2, -0.15) is 5.01 Å². The van der Waals surface area contributed by atoms with Gasteiger partial charge < -0.3 is 0 Å². The number of hydrazine groups is 1. The van der Waals surface area contributed by atoms with Crippen molar-refractivity contribution in [2.24, 2.45) is 11.8 Å². The minimum atomic E-state index is -0.813. The molecule has 2 aromatic carbocycles. The fraction of sp³-hybridized carbons (Fsp3) is 0.227. The smallest absolute Gasteiger partial charge is 0.272 e. The molecule has 0 bridgehead atoms. The number of non-ortho nitro benzene ring substituents is 1. The van der Waals surface area contributed by atoms with Crippen molar-refractivity contribution >= 4 is 40.7 Å². The maximum atomic E-state index is 13.5. The van der Waals surface area contributed by atoms with Crippen molar-refractivity contribution in [3.63, 3.8) is 0 Å². The van der Waals surface area contributed by atoms with Gasteiger partial charge in [-0.1, -0.05) is 23.8 Å². The Labute approximate surface area is 197 Å². The number of carbonyl (C=O) groups is 3. The molecule has 0 radical (unpaired) electrons. The van der Waals surface area contributed by atoms with Crippen molar-refractivity contribution < 1.29 is 24.2 Å². The van der Waals surface area contributed by atoms with Gasteiger partial charge in [-0.3, -0.25) is 34.6 Å². The molecule has 0 unspecified atom stereocenters. The maximum Gasteiger partial charge on any atom is 0.275 e. The van der Waals surface area contributed by atoms with Crippen LogP contribution in [-0.4, -0.2) is 37.6 Å². The Morgan fingerprint density at radius 3 is 2.09 bits per heavy atom. The molecular weight excluding hydrogens is 468 g/mol. The second kappa shape index (κ2) is 9.02. The van der Waals surface area contributed by atoms with Gasteiger partial charge in [0.15, 0.2) is 0 Å². The topological polar surface area (TPSA) is 144 Å². The minimum absolute atomic E-state index is 0.0317. The number of halogens is 1. The number of nitro benzene ring substituents is 2. The minimum Gasteiger partial charge on any atom is -0.272 e. The van der Waals surface area contributed by atoms with Crippen LogP contribution in [0, 0.1) is 32.1 Å². The van der Waals surface area contributed by atoms with E-state index in [4.69, 9.17) is 11.6 Å². The first-order valence-electron chi connectivity index (χ1n) is 10.2. The monoisotopic (exact) mass is 484 g/mol. The molecule has 11 nitrogen and oxygen atoms in total. The van der Waals surface area contributed by atoms with Crippen LogP contribution < -0.4 is 0 Å². The SMILES string of the molecule is O=C(c1ccc([N+](=O)[O-])cc1)N(Cc1ccc(Cl)cc1[N+](=O)[O-])N1C(=O)[C@H]2CC=CC[C@@H]2C1=O. The Bertz CT molecular complexity index is 1220. The van der Waals surface area contributed by atoms with Crippen LogP contribution in [0.5, 0.6) is 0 Å². The van der Waals surface area contributed by atoms with Gasteiger partial charge in [-0.25, -0.2) is 5.01 Å². The average Bonchev–Trinajstić information content (AvgIpc) is 3.08. The van der Waals surface area contributed by atoms with E-state index in [1.807, 2.05) is 0 Å². The predicted octanol–water partition coefficient (Wildman–Crippen LogP) is 3.67. The van der Waals surface area contributed by atoms with E-state index in [0.717, 1.165) is 28.2 Å². The lowest BCUT2D eigenvalue weighted by atomic mass is 9.85. The van der Waals surface area contributed by atoms with E-state index >= 15 is 0 Å². The van der Waals surface area contributed by atoms with Crippen molar-refractivity contribution in [1.82, 2.24) is 10.0 Å². The predicted molar refractivity (Wildman–Crippen MR) is 118 cm³/mol. The molecule has 0 saturated carbocycles. The number of rotatable bonds is 6. The molecule has 1 aliphatic heterocycles. The number of allylic oxidation sites excluding steroid dienone is 2. The van der Waals surface area contributed by atoms with Gasteiger partial charge in [0, 0.05) is 28.8 Å². The van der Waals surface area contributed by atoms with E-state index in [2.05, 4.69) is 0 Å². The lowest BCUT2D eigenvalue weighted by Gasteiger charge is -2.30. The number of hydrogen-bond donors (Lipinski definition) is 0. The lowest BCUT2D eigenvalue weighted by molar-refractivity contribution is -0.385. The van der Waals surface area contributed by atoms with Gasteiger partial charge in [0.2, 0.25) is 0 Å². The molecule has 1 heterocycles. The molecule has 12 heteroatoms. The number of benzene rings is 2. The molecule has 1 saturated heterocycles. The molecule has 174 valence electrons. The van der Waals surface area contributed by atoms with Gasteiger partial charge in [-0.15, -0.1) is 0 Å². The van der Waals surface area contributed by atoms with E-state index in [0.29, 0.717) is 12.8 Å². The molecule has 4 rings (SSSR count). The number of hydrogen-bond acceptors (Lipinski definition) is 7. The van der Waals surface area contributed by atoms with Crippen LogP contribution in [0.2, 0.25) is 5.02 Å². The Kier molecular flexibility index (Phi) is 6.12. The summed E-state index contributed by atoms with van der Waals surface area (Å²) in [5.74, 6) is -3.24. The zero-order valence-electron chi connectivity index (χ0n) is 17.5. The fourth-order valence-electron chi connectivity index (χ4n) is 4.13. The third-order valence-electron chi connectivity index (χ3n) is 5.85. The maximum absolute atomic E-state index is 13.5. The van der Waals surface area contributed by atoms with Crippen molar-refractivity contribution in [1.29, 1.82) is 0 Å². The van der Waals surface area contributed by atoms with Crippen molar-refractivity contribution in [2.75, 3.05) is 0 Å². The summed E-state index contributed by atoms with van der Waals surface area (Å²) in [6, 6.07) is 8.49. The van der Waals surface area contributed by atoms with Crippen molar-refractivity contribution in [3.8, 4) is 0 Å². The number of nitrogens with zero attached hydrogens (tertiary/aromatic N) is 4. The molecule has 2 aliphatic rings. The lowest BCUT2D eigenvalue weighted by Crippen LogP contribution is -2.49. The van der Waals surface area contributed by atoms with Gasteiger partial charge in [0.05, 0.1) is 33.8 Å². The molecule has 0 spiro atoms. The van der Waals surface area contributed by atoms with E-state index in [9.17, 15) is 34.6 Å². The summed E-state index contributed by atoms with van der Waals surface area (Å²) >= 11 is 5.89. The summed E-state index contributed by atoms with van der Waals surface area (Å²) in [5.41, 5.74) is -0.608. The third kappa shape index (κ3) is 4.13. The van der Waals surface area contributed by atoms with Crippen molar-refractivity contribution in [3.05, 3.63) is 91.0 Å². The highest BCUT2D eigenvalue weighted by atomic mass is 35.5. The number of imide groups is 1. The van der Waals surface area contributed by atoms with Crippen LogP contribution in [0.4, 0.5) is 11.4 Å². The Morgan fingerprint density at radius 1 is 0.971 bits per heavy atom. The molecule has 1 fully saturated rings. The summed E-state index contributed by atoms with van der Waals surface area (Å²) < 4.78 is 0. The van der Waals surface area contributed by atoms with Crippen LogP contribution in [0.25, 0.3) is 0 Å². The molecule has 2 atom stereocenters. The molecular formula is C22H17ClN4O7. The number of nitro groups is 2. The normalized spacial score (nSPS) is 19.1. The van der Waals surface area contributed by atoms with E-state index in [1.54, 1.807) is 12.2 Å². The first-order valence-corrected chi connectivity index (χ1v) is 10.6. The summed E-state index contributed by atoms with van der Waals surface area (Å²) in [6.07, 6.45) is 4.27. The highest BCUT2D eigenvalue weighted by Crippen LogP contribution is 2.37. The number of amides is 3. The second-order valence-electron chi connectivity index (χ2n) is 7.84. The Hall–Kier alpha value is -4.12. The van der Waals surface area contributed by atoms with E-state index < -0.39 is 45.9 Å². The van der Waals surface area contributed by atoms with Gasteiger partial charge in [0.1, 0.15) is 0 Å². The number of carbonyl (C=O) groups excluding carboxylic acids is 3. The van der Waals surface area contributed by atoms with Gasteiger partial charge in [0.25, 0.3) is 29.1 Å². The molecule has 0 aromatic heterocycles. The molecule has 0 N–H and O–H groups in total. The summed E-state index contributed by atoms with van der Waals surface area (Å²) in [5, 5.41) is 24.3. The third-order valence-corrected chi connectivity index (χ3v) is 6.08. The zero-order chi connectivity index (χ0) is 24.6. The highest BCUT2D eigenvalue weighted by Gasteiger charge is 2.51. The van der Waals surface area contributed by atoms with Crippen LogP contribution in [0.3, 0.4) is 0 Å². The first kappa shape index (κ1) is 23.1. The zero-order valence-corrected chi connectivity index (χ0v) is 18.3. The Morgan fingerprint density at radius 2 is 1.56 bits per heavy atom. The highest BCUT2D eigenvalue weighted by molar-refractivity contribution is 6.30. The molecule has 1 aliphatic carbocycles. The van der Waals surface area contributed by atoms with Gasteiger partial charge >= 0.3 is 0 Å². The summed E-state index contributed by atoms with van der Waals surface area (Å²) in [4.78, 5) is 61.0. The van der Waals surface area contributed by atoms with Crippen LogP contribution >= 0.6 is 11.6 Å². The molecule has 2 aromatic rings. The molecule has 3 amide bonds. The molecule has 34 heavy (non-hydrogen) atoms. The van der Waals surface area contributed by atoms with Crippen LogP contribution in [0.1, 0.15) is 28.8 Å². The summed E-state index contributed by atoms with van der Waals surface area (Å²) in [6.45, 7) is -0.465. The van der Waals surface area contributed by atoms with Crippen LogP contribution in [-0.2, 0) is 16.1 Å². The Balaban J connectivity index is 1.76. The fourth-order valence-corrected chi connectivity index (χ4v) is 4.30. The van der Waals surface area contributed by atoms with Crippen molar-refractivity contribution in [2.45, 2.75) is 19.4 Å². The van der Waals surface area contributed by atoms with E-state index in [1.165, 1.54) is 24.3 Å². The van der Waals surface area contributed by atoms with Crippen LogP contribution in [0.15, 0.2) is 54.6 Å². The quantitative estimate of drug-likeness (QED) is 0.263. The number of fused-ring (bicyclic) bond motifs is 1. The second-order valence-corrected chi connectivity index (χ2v) is 8.28. The average molecular weight is 485 g/mol. The largest absolute Gasteiger partial charge is 0.275 e. The first-order chi connectivity index (χ1) is 16.2. The van der Waals surface area contributed by atoms with Gasteiger partial charge in [-0.05, 0) is 37.1 Å².